The van der Waals surface area contributed by atoms with Gasteiger partial charge in [-0.05, 0) is 30.2 Å². The second-order valence-electron chi connectivity index (χ2n) is 5.33. The highest BCUT2D eigenvalue weighted by Gasteiger charge is 2.18. The zero-order valence-corrected chi connectivity index (χ0v) is 15.5. The van der Waals surface area contributed by atoms with Gasteiger partial charge in [-0.1, -0.05) is 53.2 Å². The molecule has 1 atom stereocenters. The molecule has 1 unspecified atom stereocenters. The standard InChI is InChI=1S/C19H22BrNO3/c1-3-17(14-7-5-4-6-8-14)21-19(22)16-13-15(20)9-10-18(16)24-12-11-23-2/h4-10,13,17H,3,11-12H2,1-2H3,(H,21,22). The fraction of sp³-hybridized carbons (Fsp3) is 0.316. The average molecular weight is 392 g/mol. The number of carbonyl (C=O) groups excluding carboxylic acids is 1. The fourth-order valence-corrected chi connectivity index (χ4v) is 2.74. The molecule has 0 spiro atoms. The van der Waals surface area contributed by atoms with Crippen molar-refractivity contribution in [3.8, 4) is 5.75 Å². The Kier molecular flexibility index (Phi) is 7.28. The van der Waals surface area contributed by atoms with Crippen molar-refractivity contribution < 1.29 is 14.3 Å². The number of nitrogens with one attached hydrogen (secondary N) is 1. The molecule has 2 aromatic carbocycles. The molecule has 0 bridgehead atoms. The van der Waals surface area contributed by atoms with Crippen LogP contribution >= 0.6 is 15.9 Å². The first kappa shape index (κ1) is 18.5. The molecule has 0 radical (unpaired) electrons. The van der Waals surface area contributed by atoms with Crippen molar-refractivity contribution in [3.05, 3.63) is 64.1 Å². The van der Waals surface area contributed by atoms with Crippen LogP contribution in [0.5, 0.6) is 5.75 Å². The summed E-state index contributed by atoms with van der Waals surface area (Å²) in [7, 11) is 1.62. The van der Waals surface area contributed by atoms with Crippen molar-refractivity contribution >= 4 is 21.8 Å². The van der Waals surface area contributed by atoms with Gasteiger partial charge in [-0.25, -0.2) is 0 Å². The van der Waals surface area contributed by atoms with Gasteiger partial charge < -0.3 is 14.8 Å². The summed E-state index contributed by atoms with van der Waals surface area (Å²) in [6, 6.07) is 15.3. The predicted molar refractivity (Wildman–Crippen MR) is 98.5 cm³/mol. The zero-order chi connectivity index (χ0) is 17.4. The number of methoxy groups -OCH3 is 1. The molecular formula is C19H22BrNO3. The minimum absolute atomic E-state index is 0.0375. The molecule has 1 amide bonds. The Morgan fingerprint density at radius 2 is 1.92 bits per heavy atom. The average Bonchev–Trinajstić information content (AvgIpc) is 2.61. The number of rotatable bonds is 8. The van der Waals surface area contributed by atoms with Gasteiger partial charge in [-0.2, -0.15) is 0 Å². The van der Waals surface area contributed by atoms with Crippen LogP contribution in [-0.2, 0) is 4.74 Å². The Labute approximate surface area is 151 Å². The normalized spacial score (nSPS) is 11.8. The van der Waals surface area contributed by atoms with E-state index in [0.717, 1.165) is 16.5 Å². The number of hydrogen-bond acceptors (Lipinski definition) is 3. The third-order valence-corrected chi connectivity index (χ3v) is 4.14. The lowest BCUT2D eigenvalue weighted by atomic mass is 10.0. The molecule has 2 aromatic rings. The van der Waals surface area contributed by atoms with Gasteiger partial charge in [0.25, 0.3) is 5.91 Å². The second kappa shape index (κ2) is 9.45. The lowest BCUT2D eigenvalue weighted by Gasteiger charge is -2.19. The molecule has 4 nitrogen and oxygen atoms in total. The van der Waals surface area contributed by atoms with E-state index in [1.807, 2.05) is 36.4 Å². The maximum absolute atomic E-state index is 12.7. The van der Waals surface area contributed by atoms with Crippen LogP contribution in [0.15, 0.2) is 53.0 Å². The number of halogens is 1. The van der Waals surface area contributed by atoms with E-state index in [0.29, 0.717) is 24.5 Å². The maximum atomic E-state index is 12.7. The van der Waals surface area contributed by atoms with E-state index in [4.69, 9.17) is 9.47 Å². The molecule has 128 valence electrons. The molecule has 0 aliphatic rings. The maximum Gasteiger partial charge on any atom is 0.255 e. The molecule has 0 aliphatic carbocycles. The van der Waals surface area contributed by atoms with Crippen molar-refractivity contribution in [1.82, 2.24) is 5.32 Å². The number of hydrogen-bond donors (Lipinski definition) is 1. The Balaban J connectivity index is 2.17. The fourth-order valence-electron chi connectivity index (χ4n) is 2.38. The van der Waals surface area contributed by atoms with E-state index in [1.165, 1.54) is 0 Å². The van der Waals surface area contributed by atoms with Gasteiger partial charge in [-0.3, -0.25) is 4.79 Å². The van der Waals surface area contributed by atoms with Gasteiger partial charge in [-0.15, -0.1) is 0 Å². The summed E-state index contributed by atoms with van der Waals surface area (Å²) in [5, 5.41) is 3.09. The van der Waals surface area contributed by atoms with Gasteiger partial charge in [0.15, 0.2) is 0 Å². The van der Waals surface area contributed by atoms with Crippen LogP contribution < -0.4 is 10.1 Å². The number of ether oxygens (including phenoxy) is 2. The van der Waals surface area contributed by atoms with Crippen molar-refractivity contribution in [2.24, 2.45) is 0 Å². The molecule has 0 fully saturated rings. The van der Waals surface area contributed by atoms with Crippen LogP contribution in [0.4, 0.5) is 0 Å². The number of benzene rings is 2. The smallest absolute Gasteiger partial charge is 0.255 e. The molecular weight excluding hydrogens is 370 g/mol. The Morgan fingerprint density at radius 1 is 1.17 bits per heavy atom. The summed E-state index contributed by atoms with van der Waals surface area (Å²) >= 11 is 3.41. The molecule has 0 heterocycles. The van der Waals surface area contributed by atoms with E-state index < -0.39 is 0 Å². The third-order valence-electron chi connectivity index (χ3n) is 3.65. The molecule has 1 N–H and O–H groups in total. The lowest BCUT2D eigenvalue weighted by Crippen LogP contribution is -2.28. The van der Waals surface area contributed by atoms with Gasteiger partial charge in [0.05, 0.1) is 18.2 Å². The summed E-state index contributed by atoms with van der Waals surface area (Å²) < 4.78 is 11.5. The zero-order valence-electron chi connectivity index (χ0n) is 13.9. The SMILES string of the molecule is CCC(NC(=O)c1cc(Br)ccc1OCCOC)c1ccccc1. The van der Waals surface area contributed by atoms with E-state index in [2.05, 4.69) is 28.2 Å². The van der Waals surface area contributed by atoms with Crippen molar-refractivity contribution in [1.29, 1.82) is 0 Å². The van der Waals surface area contributed by atoms with E-state index in [1.54, 1.807) is 19.2 Å². The number of amides is 1. The van der Waals surface area contributed by atoms with Crippen LogP contribution in [0.2, 0.25) is 0 Å². The number of carbonyl (C=O) groups is 1. The van der Waals surface area contributed by atoms with Crippen LogP contribution in [0.25, 0.3) is 0 Å². The largest absolute Gasteiger partial charge is 0.490 e. The topological polar surface area (TPSA) is 47.6 Å². The summed E-state index contributed by atoms with van der Waals surface area (Å²) in [5.41, 5.74) is 1.60. The van der Waals surface area contributed by atoms with Crippen molar-refractivity contribution in [3.63, 3.8) is 0 Å². The summed E-state index contributed by atoms with van der Waals surface area (Å²) in [6.45, 7) is 2.92. The third kappa shape index (κ3) is 5.08. The van der Waals surface area contributed by atoms with E-state index >= 15 is 0 Å². The molecule has 0 aliphatic heterocycles. The predicted octanol–water partition coefficient (Wildman–Crippen LogP) is 4.36. The molecule has 5 heteroatoms. The highest BCUT2D eigenvalue weighted by molar-refractivity contribution is 9.10. The van der Waals surface area contributed by atoms with E-state index in [9.17, 15) is 4.79 Å². The minimum atomic E-state index is -0.153. The van der Waals surface area contributed by atoms with Crippen LogP contribution in [0, 0.1) is 0 Å². The van der Waals surface area contributed by atoms with Gasteiger partial charge >= 0.3 is 0 Å². The van der Waals surface area contributed by atoms with E-state index in [-0.39, 0.29) is 11.9 Å². The van der Waals surface area contributed by atoms with Crippen LogP contribution in [-0.4, -0.2) is 26.2 Å². The summed E-state index contributed by atoms with van der Waals surface area (Å²) in [4.78, 5) is 12.7. The highest BCUT2D eigenvalue weighted by Crippen LogP contribution is 2.25. The quantitative estimate of drug-likeness (QED) is 0.680. The molecule has 2 rings (SSSR count). The Hall–Kier alpha value is -1.85. The first-order chi connectivity index (χ1) is 11.7. The molecule has 0 saturated heterocycles. The van der Waals surface area contributed by atoms with Crippen molar-refractivity contribution in [2.75, 3.05) is 20.3 Å². The molecule has 24 heavy (non-hydrogen) atoms. The second-order valence-corrected chi connectivity index (χ2v) is 6.24. The summed E-state index contributed by atoms with van der Waals surface area (Å²) in [5.74, 6) is 0.398. The van der Waals surface area contributed by atoms with Gasteiger partial charge in [0.1, 0.15) is 12.4 Å². The van der Waals surface area contributed by atoms with Crippen LogP contribution in [0.1, 0.15) is 35.3 Å². The first-order valence-corrected chi connectivity index (χ1v) is 8.72. The Bertz CT molecular complexity index is 661. The van der Waals surface area contributed by atoms with Crippen LogP contribution in [0.3, 0.4) is 0 Å². The van der Waals surface area contributed by atoms with Gasteiger partial charge in [0, 0.05) is 11.6 Å². The summed E-state index contributed by atoms with van der Waals surface area (Å²) in [6.07, 6.45) is 0.809. The molecule has 0 saturated carbocycles. The monoisotopic (exact) mass is 391 g/mol. The minimum Gasteiger partial charge on any atom is -0.490 e. The Morgan fingerprint density at radius 3 is 2.58 bits per heavy atom. The highest BCUT2D eigenvalue weighted by atomic mass is 79.9. The lowest BCUT2D eigenvalue weighted by molar-refractivity contribution is 0.0927. The molecule has 0 aromatic heterocycles. The first-order valence-electron chi connectivity index (χ1n) is 7.92. The van der Waals surface area contributed by atoms with Gasteiger partial charge in [0.2, 0.25) is 0 Å². The van der Waals surface area contributed by atoms with Crippen molar-refractivity contribution in [2.45, 2.75) is 19.4 Å².